The first-order valence-corrected chi connectivity index (χ1v) is 6.19. The molecule has 0 bridgehead atoms. The minimum absolute atomic E-state index is 0.0505. The number of hydrogen-bond donors (Lipinski definition) is 2. The van der Waals surface area contributed by atoms with Crippen LogP contribution in [0.25, 0.3) is 0 Å². The molecule has 18 heavy (non-hydrogen) atoms. The summed E-state index contributed by atoms with van der Waals surface area (Å²) in [7, 11) is 0. The van der Waals surface area contributed by atoms with Crippen molar-refractivity contribution in [3.8, 4) is 0 Å². The van der Waals surface area contributed by atoms with Gasteiger partial charge in [-0.25, -0.2) is 0 Å². The molecule has 7 heteroatoms. The Bertz CT molecular complexity index is 437. The summed E-state index contributed by atoms with van der Waals surface area (Å²) >= 11 is 3.24. The van der Waals surface area contributed by atoms with Crippen LogP contribution < -0.4 is 5.32 Å². The molecule has 1 aromatic carbocycles. The molecule has 2 N–H and O–H groups in total. The number of nitrogens with zero attached hydrogens (tertiary/aromatic N) is 1. The fourth-order valence-corrected chi connectivity index (χ4v) is 1.79. The Morgan fingerprint density at radius 2 is 2.28 bits per heavy atom. The molecule has 0 aromatic heterocycles. The normalized spacial score (nSPS) is 14.0. The summed E-state index contributed by atoms with van der Waals surface area (Å²) in [5, 5.41) is 23.5. The molecule has 0 aliphatic rings. The van der Waals surface area contributed by atoms with Gasteiger partial charge in [-0.05, 0) is 26.0 Å². The highest BCUT2D eigenvalue weighted by molar-refractivity contribution is 9.10. The molecule has 6 nitrogen and oxygen atoms in total. The largest absolute Gasteiger partial charge is 0.374 e. The van der Waals surface area contributed by atoms with E-state index in [4.69, 9.17) is 4.74 Å². The fraction of sp³-hybridized carbons (Fsp3) is 0.455. The van der Waals surface area contributed by atoms with Crippen LogP contribution in [0.2, 0.25) is 0 Å². The van der Waals surface area contributed by atoms with Crippen LogP contribution in [0, 0.1) is 10.1 Å². The number of hydrogen-bond acceptors (Lipinski definition) is 5. The third kappa shape index (κ3) is 4.25. The summed E-state index contributed by atoms with van der Waals surface area (Å²) in [6.45, 7) is 3.66. The maximum Gasteiger partial charge on any atom is 0.292 e. The van der Waals surface area contributed by atoms with Crippen LogP contribution in [0.1, 0.15) is 13.8 Å². The van der Waals surface area contributed by atoms with E-state index in [0.717, 1.165) is 0 Å². The van der Waals surface area contributed by atoms with Crippen molar-refractivity contribution in [3.63, 3.8) is 0 Å². The van der Waals surface area contributed by atoms with Gasteiger partial charge in [0.05, 0.1) is 11.5 Å². The van der Waals surface area contributed by atoms with Crippen molar-refractivity contribution < 1.29 is 14.8 Å². The Morgan fingerprint density at radius 1 is 1.61 bits per heavy atom. The Kier molecular flexibility index (Phi) is 5.06. The second-order valence-electron chi connectivity index (χ2n) is 3.88. The molecule has 0 saturated carbocycles. The van der Waals surface area contributed by atoms with Crippen LogP contribution in [-0.2, 0) is 4.74 Å². The lowest BCUT2D eigenvalue weighted by atomic mass is 10.2. The highest BCUT2D eigenvalue weighted by Crippen LogP contribution is 2.28. The van der Waals surface area contributed by atoms with Crippen LogP contribution in [-0.4, -0.2) is 29.0 Å². The lowest BCUT2D eigenvalue weighted by molar-refractivity contribution is -0.384. The zero-order chi connectivity index (χ0) is 13.8. The first-order chi connectivity index (χ1) is 8.35. The molecule has 0 spiro atoms. The Balaban J connectivity index is 2.83. The monoisotopic (exact) mass is 318 g/mol. The molecule has 0 heterocycles. The molecule has 0 aliphatic carbocycles. The lowest BCUT2D eigenvalue weighted by Gasteiger charge is -2.23. The van der Waals surface area contributed by atoms with Gasteiger partial charge in [-0.15, -0.1) is 0 Å². The van der Waals surface area contributed by atoms with Crippen molar-refractivity contribution in [1.29, 1.82) is 0 Å². The molecular weight excluding hydrogens is 304 g/mol. The van der Waals surface area contributed by atoms with Gasteiger partial charge in [0.25, 0.3) is 5.69 Å². The molecule has 1 rings (SSSR count). The van der Waals surface area contributed by atoms with Gasteiger partial charge in [0.2, 0.25) is 0 Å². The van der Waals surface area contributed by atoms with Gasteiger partial charge in [-0.3, -0.25) is 10.1 Å². The predicted molar refractivity (Wildman–Crippen MR) is 71.5 cm³/mol. The second-order valence-corrected chi connectivity index (χ2v) is 4.80. The van der Waals surface area contributed by atoms with E-state index >= 15 is 0 Å². The molecule has 0 unspecified atom stereocenters. The van der Waals surface area contributed by atoms with E-state index in [2.05, 4.69) is 21.2 Å². The Morgan fingerprint density at radius 3 is 2.83 bits per heavy atom. The van der Waals surface area contributed by atoms with E-state index in [9.17, 15) is 15.2 Å². The number of rotatable bonds is 6. The molecular formula is C11H15BrN2O4. The molecule has 0 amide bonds. The van der Waals surface area contributed by atoms with E-state index in [-0.39, 0.29) is 12.2 Å². The van der Waals surface area contributed by atoms with Gasteiger partial charge in [0, 0.05) is 17.1 Å². The van der Waals surface area contributed by atoms with Gasteiger partial charge in [-0.1, -0.05) is 15.9 Å². The molecule has 1 aromatic rings. The summed E-state index contributed by atoms with van der Waals surface area (Å²) in [4.78, 5) is 10.4. The van der Waals surface area contributed by atoms with E-state index in [1.807, 2.05) is 0 Å². The SMILES string of the molecule is CCO[C@@](C)(O)CNc1cc(Br)ccc1[N+](=O)[O-]. The maximum absolute atomic E-state index is 10.8. The van der Waals surface area contributed by atoms with Crippen molar-refractivity contribution in [3.05, 3.63) is 32.8 Å². The van der Waals surface area contributed by atoms with E-state index in [1.54, 1.807) is 19.1 Å². The third-order valence-corrected chi connectivity index (χ3v) is 2.71. The van der Waals surface area contributed by atoms with Crippen LogP contribution in [0.4, 0.5) is 11.4 Å². The Hall–Kier alpha value is -1.18. The number of aliphatic hydroxyl groups is 1. The average Bonchev–Trinajstić information content (AvgIpc) is 2.26. The third-order valence-electron chi connectivity index (χ3n) is 2.22. The number of nitro groups is 1. The summed E-state index contributed by atoms with van der Waals surface area (Å²) in [6.07, 6.45) is 0. The molecule has 0 radical (unpaired) electrons. The maximum atomic E-state index is 10.8. The van der Waals surface area contributed by atoms with Crippen molar-refractivity contribution in [2.24, 2.45) is 0 Å². The van der Waals surface area contributed by atoms with Crippen LogP contribution >= 0.6 is 15.9 Å². The van der Waals surface area contributed by atoms with E-state index in [1.165, 1.54) is 13.0 Å². The molecule has 0 fully saturated rings. The predicted octanol–water partition coefficient (Wildman–Crippen LogP) is 2.51. The van der Waals surface area contributed by atoms with Gasteiger partial charge in [-0.2, -0.15) is 0 Å². The first kappa shape index (κ1) is 14.9. The van der Waals surface area contributed by atoms with Crippen LogP contribution in [0.15, 0.2) is 22.7 Å². The fourth-order valence-electron chi connectivity index (χ4n) is 1.43. The number of ether oxygens (including phenoxy) is 1. The van der Waals surface area contributed by atoms with Crippen LogP contribution in [0.3, 0.4) is 0 Å². The second kappa shape index (κ2) is 6.12. The molecule has 1 atom stereocenters. The summed E-state index contributed by atoms with van der Waals surface area (Å²) in [6, 6.07) is 4.56. The topological polar surface area (TPSA) is 84.6 Å². The number of halogens is 1. The summed E-state index contributed by atoms with van der Waals surface area (Å²) in [5.41, 5.74) is 0.278. The van der Waals surface area contributed by atoms with Gasteiger partial charge in [0.15, 0.2) is 5.79 Å². The number of nitro benzene ring substituents is 1. The molecule has 0 saturated heterocycles. The Labute approximate surface area is 113 Å². The first-order valence-electron chi connectivity index (χ1n) is 5.40. The van der Waals surface area contributed by atoms with Crippen LogP contribution in [0.5, 0.6) is 0 Å². The summed E-state index contributed by atoms with van der Waals surface area (Å²) in [5.74, 6) is -1.37. The van der Waals surface area contributed by atoms with Gasteiger partial charge >= 0.3 is 0 Å². The van der Waals surface area contributed by atoms with Crippen molar-refractivity contribution in [2.45, 2.75) is 19.6 Å². The van der Waals surface area contributed by atoms with Gasteiger partial charge < -0.3 is 15.2 Å². The summed E-state index contributed by atoms with van der Waals surface area (Å²) < 4.78 is 5.81. The standard InChI is InChI=1S/C11H15BrN2O4/c1-3-18-11(2,15)7-13-9-6-8(12)4-5-10(9)14(16)17/h4-6,13,15H,3,7H2,1-2H3/t11-/m1/s1. The lowest BCUT2D eigenvalue weighted by Crippen LogP contribution is -2.36. The van der Waals surface area contributed by atoms with Crippen molar-refractivity contribution in [2.75, 3.05) is 18.5 Å². The number of nitrogens with one attached hydrogen (secondary N) is 1. The van der Waals surface area contributed by atoms with E-state index in [0.29, 0.717) is 16.8 Å². The smallest absolute Gasteiger partial charge is 0.292 e. The van der Waals surface area contributed by atoms with Crippen molar-refractivity contribution in [1.82, 2.24) is 0 Å². The molecule has 100 valence electrons. The highest BCUT2D eigenvalue weighted by atomic mass is 79.9. The number of benzene rings is 1. The zero-order valence-electron chi connectivity index (χ0n) is 10.1. The quantitative estimate of drug-likeness (QED) is 0.478. The molecule has 0 aliphatic heterocycles. The zero-order valence-corrected chi connectivity index (χ0v) is 11.7. The minimum atomic E-state index is -1.37. The van der Waals surface area contributed by atoms with Gasteiger partial charge in [0.1, 0.15) is 5.69 Å². The van der Waals surface area contributed by atoms with Crippen molar-refractivity contribution >= 4 is 27.3 Å². The number of anilines is 1. The minimum Gasteiger partial charge on any atom is -0.374 e. The average molecular weight is 319 g/mol. The highest BCUT2D eigenvalue weighted by Gasteiger charge is 2.22. The van der Waals surface area contributed by atoms with E-state index < -0.39 is 10.7 Å².